The van der Waals surface area contributed by atoms with E-state index in [1.807, 2.05) is 31.3 Å². The lowest BCUT2D eigenvalue weighted by molar-refractivity contribution is 0.359. The van der Waals surface area contributed by atoms with Crippen LogP contribution in [0.15, 0.2) is 73.0 Å². The number of hydrogen-bond donors (Lipinski definition) is 2. The van der Waals surface area contributed by atoms with Gasteiger partial charge in [0.15, 0.2) is 0 Å². The summed E-state index contributed by atoms with van der Waals surface area (Å²) in [7, 11) is 2.01. The molecule has 23 heavy (non-hydrogen) atoms. The number of aliphatic hydroxyl groups excluding tert-OH is 1. The van der Waals surface area contributed by atoms with E-state index in [2.05, 4.69) is 24.1 Å². The van der Waals surface area contributed by atoms with Gasteiger partial charge in [0, 0.05) is 28.4 Å². The molecule has 120 valence electrons. The largest absolute Gasteiger partial charge is 0.509 e. The number of thiophene rings is 1. The molecular weight excluding hydrogens is 306 g/mol. The van der Waals surface area contributed by atoms with Crippen molar-refractivity contribution in [1.82, 2.24) is 4.90 Å². The van der Waals surface area contributed by atoms with Crippen molar-refractivity contribution in [3.8, 4) is 16.2 Å². The van der Waals surface area contributed by atoms with Crippen molar-refractivity contribution < 1.29 is 10.2 Å². The van der Waals surface area contributed by atoms with Crippen molar-refractivity contribution in [3.05, 3.63) is 77.9 Å². The lowest BCUT2D eigenvalue weighted by Gasteiger charge is -2.16. The van der Waals surface area contributed by atoms with Gasteiger partial charge in [-0.3, -0.25) is 4.90 Å². The SMILES string of the molecule is C=C/C(=C\C(=C)O)CN(C)Cc1ccc(-c2ccccc2O)s1. The van der Waals surface area contributed by atoms with Crippen LogP contribution in [0.1, 0.15) is 4.88 Å². The first-order valence-electron chi connectivity index (χ1n) is 7.26. The van der Waals surface area contributed by atoms with Crippen molar-refractivity contribution >= 4 is 11.3 Å². The highest BCUT2D eigenvalue weighted by Gasteiger charge is 2.09. The third-order valence-electron chi connectivity index (χ3n) is 3.32. The molecule has 0 aliphatic rings. The number of rotatable bonds is 7. The Labute approximate surface area is 141 Å². The van der Waals surface area contributed by atoms with E-state index in [1.54, 1.807) is 29.6 Å². The summed E-state index contributed by atoms with van der Waals surface area (Å²) in [5.74, 6) is 0.332. The Morgan fingerprint density at radius 2 is 2.00 bits per heavy atom. The second-order valence-electron chi connectivity index (χ2n) is 5.37. The van der Waals surface area contributed by atoms with Crippen LogP contribution in [0.5, 0.6) is 5.75 Å². The quantitative estimate of drug-likeness (QED) is 0.570. The van der Waals surface area contributed by atoms with Gasteiger partial charge >= 0.3 is 0 Å². The molecule has 2 aromatic rings. The zero-order valence-corrected chi connectivity index (χ0v) is 14.0. The lowest BCUT2D eigenvalue weighted by atomic mass is 10.1. The van der Waals surface area contributed by atoms with Crippen molar-refractivity contribution in [3.63, 3.8) is 0 Å². The number of likely N-dealkylation sites (N-methyl/N-ethyl adjacent to an activating group) is 1. The molecule has 0 unspecified atom stereocenters. The Hall–Kier alpha value is -2.30. The molecule has 0 spiro atoms. The highest BCUT2D eigenvalue weighted by Crippen LogP contribution is 2.34. The van der Waals surface area contributed by atoms with Crippen molar-refractivity contribution in [2.45, 2.75) is 6.54 Å². The Balaban J connectivity index is 2.06. The number of allylic oxidation sites excluding steroid dienone is 1. The van der Waals surface area contributed by atoms with E-state index in [0.29, 0.717) is 12.3 Å². The molecule has 0 fully saturated rings. The Morgan fingerprint density at radius 3 is 2.65 bits per heavy atom. The van der Waals surface area contributed by atoms with Crippen LogP contribution in [0, 0.1) is 0 Å². The maximum atomic E-state index is 9.94. The third-order valence-corrected chi connectivity index (χ3v) is 4.43. The fraction of sp³-hybridized carbons (Fsp3) is 0.158. The first-order chi connectivity index (χ1) is 11.0. The molecule has 2 rings (SSSR count). The highest BCUT2D eigenvalue weighted by molar-refractivity contribution is 7.15. The van der Waals surface area contributed by atoms with E-state index in [1.165, 1.54) is 4.88 Å². The van der Waals surface area contributed by atoms with Crippen LogP contribution < -0.4 is 0 Å². The Kier molecular flexibility index (Phi) is 5.79. The molecule has 4 heteroatoms. The minimum Gasteiger partial charge on any atom is -0.509 e. The maximum absolute atomic E-state index is 9.94. The number of para-hydroxylation sites is 1. The maximum Gasteiger partial charge on any atom is 0.124 e. The molecule has 3 nitrogen and oxygen atoms in total. The smallest absolute Gasteiger partial charge is 0.124 e. The second kappa shape index (κ2) is 7.81. The predicted octanol–water partition coefficient (Wildman–Crippen LogP) is 4.74. The number of phenolic OH excluding ortho intramolecular Hbond substituents is 1. The van der Waals surface area contributed by atoms with Crippen molar-refractivity contribution in [2.75, 3.05) is 13.6 Å². The average Bonchev–Trinajstić information content (AvgIpc) is 2.94. The molecule has 2 N–H and O–H groups in total. The van der Waals surface area contributed by atoms with Gasteiger partial charge in [-0.1, -0.05) is 31.4 Å². The molecule has 1 aromatic carbocycles. The molecule has 0 bridgehead atoms. The molecule has 0 atom stereocenters. The van der Waals surface area contributed by atoms with Crippen molar-refractivity contribution in [2.24, 2.45) is 0 Å². The lowest BCUT2D eigenvalue weighted by Crippen LogP contribution is -2.19. The van der Waals surface area contributed by atoms with Crippen LogP contribution in [-0.4, -0.2) is 28.7 Å². The zero-order chi connectivity index (χ0) is 16.8. The molecule has 0 radical (unpaired) electrons. The molecule has 0 aliphatic heterocycles. The number of phenols is 1. The summed E-state index contributed by atoms with van der Waals surface area (Å²) >= 11 is 1.66. The standard InChI is InChI=1S/C19H21NO2S/c1-4-15(11-14(2)21)12-20(3)13-16-9-10-19(23-16)17-7-5-6-8-18(17)22/h4-11,21-22H,1-2,12-13H2,3H3/b15-11+. The van der Waals surface area contributed by atoms with E-state index in [9.17, 15) is 10.2 Å². The second-order valence-corrected chi connectivity index (χ2v) is 6.54. The molecule has 0 amide bonds. The van der Waals surface area contributed by atoms with Crippen molar-refractivity contribution in [1.29, 1.82) is 0 Å². The van der Waals surface area contributed by atoms with Gasteiger partial charge < -0.3 is 10.2 Å². The number of aliphatic hydroxyl groups is 1. The van der Waals surface area contributed by atoms with Gasteiger partial charge in [0.25, 0.3) is 0 Å². The van der Waals surface area contributed by atoms with E-state index >= 15 is 0 Å². The van der Waals surface area contributed by atoms with Gasteiger partial charge in [-0.15, -0.1) is 11.3 Å². The van der Waals surface area contributed by atoms with Gasteiger partial charge in [0.1, 0.15) is 11.5 Å². The molecular formula is C19H21NO2S. The minimum atomic E-state index is 0.0336. The topological polar surface area (TPSA) is 43.7 Å². The summed E-state index contributed by atoms with van der Waals surface area (Å²) in [5, 5.41) is 19.2. The van der Waals surface area contributed by atoms with E-state index in [4.69, 9.17) is 0 Å². The first kappa shape index (κ1) is 17.1. The van der Waals surface area contributed by atoms with Gasteiger partial charge in [-0.05, 0) is 43.0 Å². The van der Waals surface area contributed by atoms with Crippen LogP contribution in [0.3, 0.4) is 0 Å². The average molecular weight is 327 g/mol. The fourth-order valence-corrected chi connectivity index (χ4v) is 3.43. The van der Waals surface area contributed by atoms with Crippen LogP contribution in [0.4, 0.5) is 0 Å². The van der Waals surface area contributed by atoms with Gasteiger partial charge in [0.05, 0.1) is 0 Å². The fourth-order valence-electron chi connectivity index (χ4n) is 2.31. The third kappa shape index (κ3) is 4.84. The number of aromatic hydroxyl groups is 1. The van der Waals surface area contributed by atoms with Gasteiger partial charge in [-0.2, -0.15) is 0 Å². The number of nitrogens with zero attached hydrogens (tertiary/aromatic N) is 1. The van der Waals surface area contributed by atoms with Crippen LogP contribution >= 0.6 is 11.3 Å². The van der Waals surface area contributed by atoms with Gasteiger partial charge in [0.2, 0.25) is 0 Å². The monoisotopic (exact) mass is 327 g/mol. The van der Waals surface area contributed by atoms with E-state index < -0.39 is 0 Å². The summed E-state index contributed by atoms with van der Waals surface area (Å²) < 4.78 is 0. The van der Waals surface area contributed by atoms with Crippen LogP contribution in [-0.2, 0) is 6.54 Å². The van der Waals surface area contributed by atoms with Gasteiger partial charge in [-0.25, -0.2) is 0 Å². The summed E-state index contributed by atoms with van der Waals surface area (Å²) in [6.07, 6.45) is 3.34. The predicted molar refractivity (Wildman–Crippen MR) is 97.8 cm³/mol. The number of benzene rings is 1. The Morgan fingerprint density at radius 1 is 1.26 bits per heavy atom. The Bertz CT molecular complexity index is 730. The summed E-state index contributed by atoms with van der Waals surface area (Å²) in [6.45, 7) is 8.68. The van der Waals surface area contributed by atoms with Crippen LogP contribution in [0.2, 0.25) is 0 Å². The summed E-state index contributed by atoms with van der Waals surface area (Å²) in [4.78, 5) is 4.39. The highest BCUT2D eigenvalue weighted by atomic mass is 32.1. The summed E-state index contributed by atoms with van der Waals surface area (Å²) in [5.41, 5.74) is 1.77. The molecule has 1 heterocycles. The van der Waals surface area contributed by atoms with E-state index in [-0.39, 0.29) is 5.76 Å². The van der Waals surface area contributed by atoms with E-state index in [0.717, 1.165) is 22.6 Å². The number of hydrogen-bond acceptors (Lipinski definition) is 4. The first-order valence-corrected chi connectivity index (χ1v) is 8.07. The molecule has 1 aromatic heterocycles. The summed E-state index contributed by atoms with van der Waals surface area (Å²) in [6, 6.07) is 11.5. The zero-order valence-electron chi connectivity index (χ0n) is 13.2. The molecule has 0 aliphatic carbocycles. The van der Waals surface area contributed by atoms with Crippen LogP contribution in [0.25, 0.3) is 10.4 Å². The minimum absolute atomic E-state index is 0.0336. The molecule has 0 saturated heterocycles. The molecule has 0 saturated carbocycles. The normalized spacial score (nSPS) is 11.7.